The van der Waals surface area contributed by atoms with Crippen LogP contribution in [-0.2, 0) is 4.74 Å². The van der Waals surface area contributed by atoms with E-state index in [9.17, 15) is 5.11 Å². The van der Waals surface area contributed by atoms with Crippen molar-refractivity contribution in [1.29, 1.82) is 0 Å². The number of hydrogen-bond acceptors (Lipinski definition) is 3. The van der Waals surface area contributed by atoms with Crippen molar-refractivity contribution in [1.82, 2.24) is 5.32 Å². The van der Waals surface area contributed by atoms with Crippen LogP contribution < -0.4 is 5.32 Å². The zero-order valence-corrected chi connectivity index (χ0v) is 7.66. The average Bonchev–Trinajstić information content (AvgIpc) is 2.06. The Morgan fingerprint density at radius 1 is 1.42 bits per heavy atom. The van der Waals surface area contributed by atoms with Crippen LogP contribution in [0.15, 0.2) is 0 Å². The van der Waals surface area contributed by atoms with Crippen molar-refractivity contribution in [3.8, 4) is 0 Å². The van der Waals surface area contributed by atoms with E-state index in [-0.39, 0.29) is 12.1 Å². The van der Waals surface area contributed by atoms with Crippen molar-refractivity contribution in [2.75, 3.05) is 6.61 Å². The summed E-state index contributed by atoms with van der Waals surface area (Å²) in [7, 11) is 0. The molecule has 2 aliphatic rings. The number of fused-ring (bicyclic) bond motifs is 2. The molecule has 0 spiro atoms. The van der Waals surface area contributed by atoms with E-state index < -0.39 is 0 Å². The van der Waals surface area contributed by atoms with Gasteiger partial charge in [-0.3, -0.25) is 0 Å². The summed E-state index contributed by atoms with van der Waals surface area (Å²) < 4.78 is 5.55. The van der Waals surface area contributed by atoms with Gasteiger partial charge in [0.2, 0.25) is 0 Å². The van der Waals surface area contributed by atoms with Crippen LogP contribution in [0.2, 0.25) is 0 Å². The van der Waals surface area contributed by atoms with Crippen LogP contribution in [0.5, 0.6) is 0 Å². The molecule has 12 heavy (non-hydrogen) atoms. The van der Waals surface area contributed by atoms with E-state index in [1.807, 2.05) is 0 Å². The average molecular weight is 171 g/mol. The quantitative estimate of drug-likeness (QED) is 0.544. The van der Waals surface area contributed by atoms with Crippen LogP contribution in [0.4, 0.5) is 0 Å². The monoisotopic (exact) mass is 171 g/mol. The summed E-state index contributed by atoms with van der Waals surface area (Å²) >= 11 is 0. The number of nitrogens with one attached hydrogen (secondary N) is 1. The van der Waals surface area contributed by atoms with Crippen molar-refractivity contribution >= 4 is 0 Å². The van der Waals surface area contributed by atoms with Gasteiger partial charge in [0.25, 0.3) is 0 Å². The Morgan fingerprint density at radius 2 is 2.17 bits per heavy atom. The van der Waals surface area contributed by atoms with Gasteiger partial charge in [0.15, 0.2) is 0 Å². The van der Waals surface area contributed by atoms with Gasteiger partial charge in [-0.1, -0.05) is 6.92 Å². The lowest BCUT2D eigenvalue weighted by Gasteiger charge is -2.45. The highest BCUT2D eigenvalue weighted by Gasteiger charge is 2.39. The molecule has 0 aromatic rings. The van der Waals surface area contributed by atoms with Gasteiger partial charge in [-0.2, -0.15) is 0 Å². The molecule has 2 aliphatic heterocycles. The Balaban J connectivity index is 2.08. The fraction of sp³-hybridized carbons (Fsp3) is 1.00. The molecule has 2 heterocycles. The van der Waals surface area contributed by atoms with Gasteiger partial charge in [-0.25, -0.2) is 0 Å². The molecule has 70 valence electrons. The summed E-state index contributed by atoms with van der Waals surface area (Å²) in [6, 6.07) is 0.721. The van der Waals surface area contributed by atoms with E-state index in [4.69, 9.17) is 4.74 Å². The van der Waals surface area contributed by atoms with Crippen molar-refractivity contribution < 1.29 is 9.84 Å². The van der Waals surface area contributed by atoms with Gasteiger partial charge in [-0.05, 0) is 19.3 Å². The highest BCUT2D eigenvalue weighted by atomic mass is 16.5. The molecule has 3 nitrogen and oxygen atoms in total. The van der Waals surface area contributed by atoms with Crippen molar-refractivity contribution in [3.63, 3.8) is 0 Å². The molecular weight excluding hydrogens is 154 g/mol. The lowest BCUT2D eigenvalue weighted by Crippen LogP contribution is -2.60. The number of aliphatic hydroxyl groups excluding tert-OH is 1. The predicted octanol–water partition coefficient (Wildman–Crippen LogP) is 0.133. The van der Waals surface area contributed by atoms with E-state index in [1.165, 1.54) is 0 Å². The molecule has 2 fully saturated rings. The Bertz CT molecular complexity index is 172. The molecule has 2 saturated heterocycles. The molecule has 0 aromatic heterocycles. The summed E-state index contributed by atoms with van der Waals surface area (Å²) in [5, 5.41) is 13.0. The van der Waals surface area contributed by atoms with Crippen molar-refractivity contribution in [3.05, 3.63) is 0 Å². The predicted molar refractivity (Wildman–Crippen MR) is 45.9 cm³/mol. The van der Waals surface area contributed by atoms with Crippen LogP contribution in [0.3, 0.4) is 0 Å². The molecule has 5 atom stereocenters. The maximum Gasteiger partial charge on any atom is 0.0927 e. The minimum atomic E-state index is -0.309. The molecule has 2 rings (SSSR count). The molecule has 2 bridgehead atoms. The standard InChI is InChI=1S/C9H17NO2/c1-5-6(2)10-7-3-9(5)12-4-8(7)11/h5-11H,3-4H2,1-2H3/t5?,6?,7-,8-,9+/m1/s1. The zero-order valence-electron chi connectivity index (χ0n) is 7.66. The first-order valence-corrected chi connectivity index (χ1v) is 4.74. The molecule has 0 radical (unpaired) electrons. The third-order valence-corrected chi connectivity index (χ3v) is 3.28. The van der Waals surface area contributed by atoms with Crippen LogP contribution in [0.1, 0.15) is 20.3 Å². The molecule has 0 aromatic carbocycles. The van der Waals surface area contributed by atoms with Gasteiger partial charge >= 0.3 is 0 Å². The van der Waals surface area contributed by atoms with Gasteiger partial charge in [0.05, 0.1) is 18.8 Å². The second-order valence-electron chi connectivity index (χ2n) is 4.10. The summed E-state index contributed by atoms with van der Waals surface area (Å²) in [6.07, 6.45) is 1.01. The summed E-state index contributed by atoms with van der Waals surface area (Å²) in [5.74, 6) is 0.564. The van der Waals surface area contributed by atoms with Gasteiger partial charge in [-0.15, -0.1) is 0 Å². The molecule has 2 N–H and O–H groups in total. The Hall–Kier alpha value is -0.120. The van der Waals surface area contributed by atoms with Gasteiger partial charge in [0, 0.05) is 12.1 Å². The molecule has 0 aliphatic carbocycles. The van der Waals surface area contributed by atoms with E-state index in [2.05, 4.69) is 19.2 Å². The summed E-state index contributed by atoms with van der Waals surface area (Å²) in [6.45, 7) is 4.86. The van der Waals surface area contributed by atoms with E-state index >= 15 is 0 Å². The Kier molecular flexibility index (Phi) is 2.10. The second-order valence-corrected chi connectivity index (χ2v) is 4.10. The number of rotatable bonds is 0. The third-order valence-electron chi connectivity index (χ3n) is 3.28. The van der Waals surface area contributed by atoms with Crippen LogP contribution in [0.25, 0.3) is 0 Å². The molecule has 0 amide bonds. The summed E-state index contributed by atoms with van der Waals surface area (Å²) in [4.78, 5) is 0. The zero-order chi connectivity index (χ0) is 8.72. The fourth-order valence-electron chi connectivity index (χ4n) is 2.17. The topological polar surface area (TPSA) is 41.5 Å². The lowest BCUT2D eigenvalue weighted by molar-refractivity contribution is -0.120. The van der Waals surface area contributed by atoms with E-state index in [0.717, 1.165) is 6.42 Å². The Labute approximate surface area is 73.1 Å². The minimum absolute atomic E-state index is 0.259. The third kappa shape index (κ3) is 1.26. The maximum atomic E-state index is 9.54. The van der Waals surface area contributed by atoms with Crippen LogP contribution >= 0.6 is 0 Å². The normalized spacial score (nSPS) is 53.8. The number of hydrogen-bond donors (Lipinski definition) is 2. The number of aliphatic hydroxyl groups is 1. The van der Waals surface area contributed by atoms with Crippen molar-refractivity contribution in [2.24, 2.45) is 5.92 Å². The fourth-order valence-corrected chi connectivity index (χ4v) is 2.17. The van der Waals surface area contributed by atoms with Gasteiger partial charge < -0.3 is 15.2 Å². The largest absolute Gasteiger partial charge is 0.389 e. The molecular formula is C9H17NO2. The second kappa shape index (κ2) is 2.98. The highest BCUT2D eigenvalue weighted by Crippen LogP contribution is 2.28. The van der Waals surface area contributed by atoms with Crippen LogP contribution in [0, 0.1) is 5.92 Å². The molecule has 0 saturated carbocycles. The first kappa shape index (κ1) is 8.48. The highest BCUT2D eigenvalue weighted by molar-refractivity contribution is 4.94. The Morgan fingerprint density at radius 3 is 2.92 bits per heavy atom. The minimum Gasteiger partial charge on any atom is -0.389 e. The van der Waals surface area contributed by atoms with E-state index in [1.54, 1.807) is 0 Å². The van der Waals surface area contributed by atoms with Crippen molar-refractivity contribution in [2.45, 2.75) is 44.6 Å². The number of ether oxygens (including phenoxy) is 1. The molecule has 3 heteroatoms. The first-order chi connectivity index (χ1) is 5.68. The van der Waals surface area contributed by atoms with Crippen LogP contribution in [-0.4, -0.2) is 36.0 Å². The lowest BCUT2D eigenvalue weighted by atomic mass is 9.83. The molecule has 2 unspecified atom stereocenters. The maximum absolute atomic E-state index is 9.54. The number of piperidine rings is 1. The summed E-state index contributed by atoms with van der Waals surface area (Å²) in [5.41, 5.74) is 0. The first-order valence-electron chi connectivity index (χ1n) is 4.74. The SMILES string of the molecule is CC1N[C@@H]2C[C@H](OC[C@H]2O)C1C. The van der Waals surface area contributed by atoms with Gasteiger partial charge in [0.1, 0.15) is 0 Å². The van der Waals surface area contributed by atoms with E-state index in [0.29, 0.717) is 24.7 Å². The smallest absolute Gasteiger partial charge is 0.0927 e.